The molecule has 0 aromatic rings. The van der Waals surface area contributed by atoms with Crippen molar-refractivity contribution < 1.29 is 9.53 Å². The van der Waals surface area contributed by atoms with Gasteiger partial charge < -0.3 is 10.5 Å². The molecule has 0 radical (unpaired) electrons. The summed E-state index contributed by atoms with van der Waals surface area (Å²) < 4.78 is 5.34. The molecule has 1 heterocycles. The molecule has 2 unspecified atom stereocenters. The summed E-state index contributed by atoms with van der Waals surface area (Å²) in [7, 11) is 0. The second-order valence-corrected chi connectivity index (χ2v) is 5.24. The molecule has 0 aromatic carbocycles. The van der Waals surface area contributed by atoms with Gasteiger partial charge in [-0.25, -0.2) is 0 Å². The van der Waals surface area contributed by atoms with E-state index in [4.69, 9.17) is 10.5 Å². The van der Waals surface area contributed by atoms with Gasteiger partial charge in [-0.3, -0.25) is 4.79 Å². The molecule has 3 nitrogen and oxygen atoms in total. The van der Waals surface area contributed by atoms with Crippen LogP contribution < -0.4 is 5.73 Å². The van der Waals surface area contributed by atoms with Crippen LogP contribution in [0.25, 0.3) is 0 Å². The molecule has 86 valence electrons. The molecule has 15 heavy (non-hydrogen) atoms. The minimum Gasteiger partial charge on any atom is -0.379 e. The molecule has 0 amide bonds. The maximum Gasteiger partial charge on any atom is 0.145 e. The molecule has 1 saturated carbocycles. The van der Waals surface area contributed by atoms with Crippen molar-refractivity contribution in [2.45, 2.75) is 45.1 Å². The normalized spacial score (nSPS) is 38.1. The van der Waals surface area contributed by atoms with Crippen LogP contribution in [0.2, 0.25) is 0 Å². The van der Waals surface area contributed by atoms with E-state index in [1.54, 1.807) is 0 Å². The number of ketones is 1. The Morgan fingerprint density at radius 2 is 2.00 bits per heavy atom. The fourth-order valence-corrected chi connectivity index (χ4v) is 2.77. The van der Waals surface area contributed by atoms with E-state index in [9.17, 15) is 4.79 Å². The summed E-state index contributed by atoms with van der Waals surface area (Å²) in [6.45, 7) is 3.03. The van der Waals surface area contributed by atoms with Gasteiger partial charge in [-0.2, -0.15) is 0 Å². The van der Waals surface area contributed by atoms with Gasteiger partial charge in [0, 0.05) is 12.0 Å². The summed E-state index contributed by atoms with van der Waals surface area (Å²) in [6.07, 6.45) is 5.79. The average Bonchev–Trinajstić information content (AvgIpc) is 2.61. The van der Waals surface area contributed by atoms with Gasteiger partial charge in [-0.15, -0.1) is 0 Å². The molecule has 0 aromatic heterocycles. The Balaban J connectivity index is 2.05. The third kappa shape index (κ3) is 1.95. The lowest BCUT2D eigenvalue weighted by atomic mass is 9.72. The second-order valence-electron chi connectivity index (χ2n) is 5.24. The number of hydrogen-bond donors (Lipinski definition) is 1. The van der Waals surface area contributed by atoms with Crippen molar-refractivity contribution in [3.8, 4) is 0 Å². The van der Waals surface area contributed by atoms with Crippen LogP contribution in [0, 0.1) is 11.3 Å². The summed E-state index contributed by atoms with van der Waals surface area (Å²) >= 11 is 0. The van der Waals surface area contributed by atoms with E-state index in [0.717, 1.165) is 12.8 Å². The summed E-state index contributed by atoms with van der Waals surface area (Å²) in [5, 5.41) is 0. The van der Waals surface area contributed by atoms with Crippen molar-refractivity contribution in [1.82, 2.24) is 0 Å². The number of hydrogen-bond acceptors (Lipinski definition) is 3. The van der Waals surface area contributed by atoms with Crippen LogP contribution in [0.4, 0.5) is 0 Å². The van der Waals surface area contributed by atoms with Crippen molar-refractivity contribution in [1.29, 1.82) is 0 Å². The second kappa shape index (κ2) is 4.22. The molecule has 2 N–H and O–H groups in total. The first-order valence-electron chi connectivity index (χ1n) is 6.02. The largest absolute Gasteiger partial charge is 0.379 e. The van der Waals surface area contributed by atoms with Gasteiger partial charge in [0.25, 0.3) is 0 Å². The van der Waals surface area contributed by atoms with Crippen molar-refractivity contribution in [2.75, 3.05) is 13.2 Å². The predicted octanol–water partition coefficient (Wildman–Crippen LogP) is 1.50. The molecule has 1 aliphatic carbocycles. The van der Waals surface area contributed by atoms with Gasteiger partial charge in [0.2, 0.25) is 0 Å². The fourth-order valence-electron chi connectivity index (χ4n) is 2.77. The molecular formula is C12H21NO2. The number of nitrogens with two attached hydrogens (primary N) is 1. The van der Waals surface area contributed by atoms with Gasteiger partial charge in [-0.1, -0.05) is 19.3 Å². The lowest BCUT2D eigenvalue weighted by molar-refractivity contribution is -0.133. The Kier molecular flexibility index (Phi) is 3.12. The zero-order valence-electron chi connectivity index (χ0n) is 9.50. The van der Waals surface area contributed by atoms with Crippen LogP contribution in [-0.2, 0) is 9.53 Å². The van der Waals surface area contributed by atoms with Crippen LogP contribution >= 0.6 is 0 Å². The van der Waals surface area contributed by atoms with Crippen LogP contribution in [0.1, 0.15) is 39.0 Å². The predicted molar refractivity (Wildman–Crippen MR) is 58.5 cm³/mol. The molecule has 2 rings (SSSR count). The SMILES string of the molecule is CC1(C(=O)C2CCCCC2)COCC1N. The number of ether oxygens (including phenoxy) is 1. The van der Waals surface area contributed by atoms with Gasteiger partial charge >= 0.3 is 0 Å². The number of Topliss-reactive ketones (excluding diaryl/α,β-unsaturated/α-hetero) is 1. The molecule has 2 aliphatic rings. The maximum atomic E-state index is 12.4. The zero-order valence-corrected chi connectivity index (χ0v) is 9.50. The highest BCUT2D eigenvalue weighted by Gasteiger charge is 2.46. The fraction of sp³-hybridized carbons (Fsp3) is 0.917. The molecule has 3 heteroatoms. The highest BCUT2D eigenvalue weighted by molar-refractivity contribution is 5.88. The van der Waals surface area contributed by atoms with Crippen molar-refractivity contribution >= 4 is 5.78 Å². The Labute approximate surface area is 91.4 Å². The first-order valence-corrected chi connectivity index (χ1v) is 6.02. The number of rotatable bonds is 2. The van der Waals surface area contributed by atoms with Crippen molar-refractivity contribution in [3.63, 3.8) is 0 Å². The smallest absolute Gasteiger partial charge is 0.145 e. The van der Waals surface area contributed by atoms with Crippen molar-refractivity contribution in [3.05, 3.63) is 0 Å². The molecular weight excluding hydrogens is 190 g/mol. The molecule has 0 bridgehead atoms. The molecule has 1 aliphatic heterocycles. The lowest BCUT2D eigenvalue weighted by Crippen LogP contribution is -2.47. The standard InChI is InChI=1S/C12H21NO2/c1-12(8-15-7-10(12)13)11(14)9-5-3-2-4-6-9/h9-10H,2-8,13H2,1H3. The van der Waals surface area contributed by atoms with E-state index in [1.165, 1.54) is 19.3 Å². The monoisotopic (exact) mass is 211 g/mol. The van der Waals surface area contributed by atoms with E-state index in [2.05, 4.69) is 0 Å². The minimum absolute atomic E-state index is 0.105. The first kappa shape index (κ1) is 11.1. The minimum atomic E-state index is -0.415. The van der Waals surface area contributed by atoms with Gasteiger partial charge in [0.1, 0.15) is 5.78 Å². The quantitative estimate of drug-likeness (QED) is 0.753. The molecule has 1 saturated heterocycles. The van der Waals surface area contributed by atoms with Gasteiger partial charge in [0.15, 0.2) is 0 Å². The summed E-state index contributed by atoms with van der Waals surface area (Å²) in [5.41, 5.74) is 5.56. The van der Waals surface area contributed by atoms with Crippen LogP contribution in [0.15, 0.2) is 0 Å². The maximum absolute atomic E-state index is 12.4. The Bertz CT molecular complexity index is 248. The van der Waals surface area contributed by atoms with Crippen LogP contribution in [0.3, 0.4) is 0 Å². The Morgan fingerprint density at radius 3 is 2.53 bits per heavy atom. The Morgan fingerprint density at radius 1 is 1.33 bits per heavy atom. The Hall–Kier alpha value is -0.410. The van der Waals surface area contributed by atoms with E-state index < -0.39 is 5.41 Å². The van der Waals surface area contributed by atoms with Crippen LogP contribution in [0.5, 0.6) is 0 Å². The number of carbonyl (C=O) groups is 1. The number of carbonyl (C=O) groups excluding carboxylic acids is 1. The highest BCUT2D eigenvalue weighted by atomic mass is 16.5. The van der Waals surface area contributed by atoms with E-state index >= 15 is 0 Å². The summed E-state index contributed by atoms with van der Waals surface area (Å²) in [4.78, 5) is 12.4. The van der Waals surface area contributed by atoms with Crippen LogP contribution in [-0.4, -0.2) is 25.0 Å². The molecule has 0 spiro atoms. The van der Waals surface area contributed by atoms with Gasteiger partial charge in [-0.05, 0) is 19.8 Å². The molecule has 2 atom stereocenters. The lowest BCUT2D eigenvalue weighted by Gasteiger charge is -2.31. The van der Waals surface area contributed by atoms with E-state index in [0.29, 0.717) is 19.0 Å². The summed E-state index contributed by atoms with van der Waals surface area (Å²) in [5.74, 6) is 0.601. The first-order chi connectivity index (χ1) is 7.14. The van der Waals surface area contributed by atoms with E-state index in [1.807, 2.05) is 6.92 Å². The van der Waals surface area contributed by atoms with Gasteiger partial charge in [0.05, 0.1) is 18.6 Å². The van der Waals surface area contributed by atoms with Crippen molar-refractivity contribution in [2.24, 2.45) is 17.1 Å². The zero-order chi connectivity index (χ0) is 10.9. The third-order valence-corrected chi connectivity index (χ3v) is 4.06. The highest BCUT2D eigenvalue weighted by Crippen LogP contribution is 2.36. The van der Waals surface area contributed by atoms with E-state index in [-0.39, 0.29) is 12.0 Å². The summed E-state index contributed by atoms with van der Waals surface area (Å²) in [6, 6.07) is -0.105. The topological polar surface area (TPSA) is 52.3 Å². The average molecular weight is 211 g/mol. The molecule has 2 fully saturated rings. The third-order valence-electron chi connectivity index (χ3n) is 4.06.